The van der Waals surface area contributed by atoms with Gasteiger partial charge in [-0.25, -0.2) is 9.07 Å². The van der Waals surface area contributed by atoms with Crippen LogP contribution in [0.5, 0.6) is 11.8 Å². The molecule has 0 aliphatic heterocycles. The van der Waals surface area contributed by atoms with E-state index in [4.69, 9.17) is 16.3 Å². The molecule has 0 N–H and O–H groups in total. The topological polar surface area (TPSA) is 39.9 Å². The highest BCUT2D eigenvalue weighted by Crippen LogP contribution is 2.29. The van der Waals surface area contributed by atoms with Crippen molar-refractivity contribution in [2.75, 3.05) is 0 Å². The van der Waals surface area contributed by atoms with Gasteiger partial charge in [-0.2, -0.15) is 4.98 Å². The Morgan fingerprint density at radius 2 is 2.17 bits per heavy atom. The van der Waals surface area contributed by atoms with Gasteiger partial charge in [0, 0.05) is 22.6 Å². The van der Waals surface area contributed by atoms with Crippen LogP contribution in [-0.4, -0.2) is 14.8 Å². The SMILES string of the molecule is CC(C)n1nc(I)nc1Oc1cccc(Cl)c1F. The molecular weight excluding hydrogens is 371 g/mol. The van der Waals surface area contributed by atoms with E-state index >= 15 is 0 Å². The summed E-state index contributed by atoms with van der Waals surface area (Å²) in [6.45, 7) is 3.87. The number of ether oxygens (including phenoxy) is 1. The van der Waals surface area contributed by atoms with E-state index in [0.29, 0.717) is 3.83 Å². The molecule has 0 saturated carbocycles. The number of hydrogen-bond acceptors (Lipinski definition) is 3. The first-order valence-electron chi connectivity index (χ1n) is 5.23. The fraction of sp³-hybridized carbons (Fsp3) is 0.273. The highest BCUT2D eigenvalue weighted by atomic mass is 127. The minimum atomic E-state index is -0.604. The molecule has 4 nitrogen and oxygen atoms in total. The van der Waals surface area contributed by atoms with Crippen molar-refractivity contribution >= 4 is 34.2 Å². The van der Waals surface area contributed by atoms with Crippen LogP contribution in [0.15, 0.2) is 18.2 Å². The van der Waals surface area contributed by atoms with Crippen molar-refractivity contribution in [3.8, 4) is 11.8 Å². The average molecular weight is 382 g/mol. The third-order valence-corrected chi connectivity index (χ3v) is 2.93. The molecular formula is C11H10ClFIN3O. The smallest absolute Gasteiger partial charge is 0.321 e. The molecule has 0 saturated heterocycles. The molecule has 2 aromatic rings. The fourth-order valence-electron chi connectivity index (χ4n) is 1.35. The molecule has 0 spiro atoms. The van der Waals surface area contributed by atoms with Crippen LogP contribution in [0, 0.1) is 9.65 Å². The Bertz CT molecular complexity index is 573. The van der Waals surface area contributed by atoms with Gasteiger partial charge in [0.15, 0.2) is 11.6 Å². The third-order valence-electron chi connectivity index (χ3n) is 2.18. The Labute approximate surface area is 122 Å². The number of hydrogen-bond donors (Lipinski definition) is 0. The van der Waals surface area contributed by atoms with E-state index in [1.165, 1.54) is 12.1 Å². The summed E-state index contributed by atoms with van der Waals surface area (Å²) in [5, 5.41) is 4.18. The summed E-state index contributed by atoms with van der Waals surface area (Å²) in [4.78, 5) is 4.10. The van der Waals surface area contributed by atoms with Gasteiger partial charge in [-0.05, 0) is 26.0 Å². The molecule has 2 rings (SSSR count). The van der Waals surface area contributed by atoms with Crippen molar-refractivity contribution in [3.63, 3.8) is 0 Å². The predicted molar refractivity (Wildman–Crippen MR) is 74.6 cm³/mol. The molecule has 0 fully saturated rings. The summed E-state index contributed by atoms with van der Waals surface area (Å²) >= 11 is 7.66. The van der Waals surface area contributed by atoms with Crippen molar-refractivity contribution in [1.29, 1.82) is 0 Å². The van der Waals surface area contributed by atoms with Crippen LogP contribution in [0.1, 0.15) is 19.9 Å². The second-order valence-electron chi connectivity index (χ2n) is 3.86. The second kappa shape index (κ2) is 5.40. The first-order chi connectivity index (χ1) is 8.49. The zero-order valence-corrected chi connectivity index (χ0v) is 12.6. The van der Waals surface area contributed by atoms with Crippen molar-refractivity contribution in [3.05, 3.63) is 32.9 Å². The molecule has 0 bridgehead atoms. The van der Waals surface area contributed by atoms with Gasteiger partial charge in [0.05, 0.1) is 11.1 Å². The summed E-state index contributed by atoms with van der Waals surface area (Å²) < 4.78 is 21.3. The van der Waals surface area contributed by atoms with Crippen LogP contribution in [0.3, 0.4) is 0 Å². The summed E-state index contributed by atoms with van der Waals surface area (Å²) in [5.41, 5.74) is 0. The first kappa shape index (κ1) is 13.5. The maximum absolute atomic E-state index is 13.7. The van der Waals surface area contributed by atoms with Gasteiger partial charge in [0.1, 0.15) is 0 Å². The summed E-state index contributed by atoms with van der Waals surface area (Å²) in [6.07, 6.45) is 0. The fourth-order valence-corrected chi connectivity index (χ4v) is 1.96. The number of rotatable bonds is 3. The molecule has 96 valence electrons. The van der Waals surface area contributed by atoms with Crippen LogP contribution >= 0.6 is 34.2 Å². The van der Waals surface area contributed by atoms with E-state index in [2.05, 4.69) is 10.1 Å². The van der Waals surface area contributed by atoms with Gasteiger partial charge in [-0.15, -0.1) is 5.10 Å². The van der Waals surface area contributed by atoms with Gasteiger partial charge in [0.25, 0.3) is 0 Å². The zero-order chi connectivity index (χ0) is 13.3. The summed E-state index contributed by atoms with van der Waals surface area (Å²) in [7, 11) is 0. The van der Waals surface area contributed by atoms with Gasteiger partial charge in [0.2, 0.25) is 3.83 Å². The normalized spacial score (nSPS) is 11.0. The minimum Gasteiger partial charge on any atom is -0.421 e. The van der Waals surface area contributed by atoms with Crippen molar-refractivity contribution in [2.45, 2.75) is 19.9 Å². The van der Waals surface area contributed by atoms with Crippen LogP contribution in [0.2, 0.25) is 5.02 Å². The van der Waals surface area contributed by atoms with Crippen molar-refractivity contribution in [2.24, 2.45) is 0 Å². The van der Waals surface area contributed by atoms with E-state index in [9.17, 15) is 4.39 Å². The van der Waals surface area contributed by atoms with E-state index in [1.54, 1.807) is 10.7 Å². The summed E-state index contributed by atoms with van der Waals surface area (Å²) in [6, 6.07) is 4.88. The molecule has 0 unspecified atom stereocenters. The largest absolute Gasteiger partial charge is 0.421 e. The molecule has 1 aromatic carbocycles. The quantitative estimate of drug-likeness (QED) is 0.753. The van der Waals surface area contributed by atoms with Crippen LogP contribution in [-0.2, 0) is 0 Å². The van der Waals surface area contributed by atoms with Crippen LogP contribution in [0.4, 0.5) is 4.39 Å². The Hall–Kier alpha value is -0.890. The second-order valence-corrected chi connectivity index (χ2v) is 5.23. The van der Waals surface area contributed by atoms with Gasteiger partial charge >= 0.3 is 6.01 Å². The Balaban J connectivity index is 2.37. The summed E-state index contributed by atoms with van der Waals surface area (Å²) in [5.74, 6) is -0.569. The number of nitrogens with zero attached hydrogens (tertiary/aromatic N) is 3. The average Bonchev–Trinajstić information content (AvgIpc) is 2.66. The molecule has 0 aliphatic carbocycles. The number of aromatic nitrogens is 3. The third kappa shape index (κ3) is 2.74. The van der Waals surface area contributed by atoms with Gasteiger partial charge < -0.3 is 4.74 Å². The lowest BCUT2D eigenvalue weighted by Crippen LogP contribution is -2.05. The minimum absolute atomic E-state index is 0.0119. The molecule has 7 heteroatoms. The predicted octanol–water partition coefficient (Wildman–Crippen LogP) is 4.05. The lowest BCUT2D eigenvalue weighted by molar-refractivity contribution is 0.360. The molecule has 0 aliphatic rings. The molecule has 0 amide bonds. The lowest BCUT2D eigenvalue weighted by Gasteiger charge is -2.10. The molecule has 1 heterocycles. The van der Waals surface area contributed by atoms with Gasteiger partial charge in [-0.1, -0.05) is 17.7 Å². The number of benzene rings is 1. The van der Waals surface area contributed by atoms with E-state index in [1.807, 2.05) is 36.4 Å². The highest BCUT2D eigenvalue weighted by molar-refractivity contribution is 14.1. The maximum atomic E-state index is 13.7. The molecule has 18 heavy (non-hydrogen) atoms. The maximum Gasteiger partial charge on any atom is 0.321 e. The Kier molecular flexibility index (Phi) is 4.06. The monoisotopic (exact) mass is 381 g/mol. The zero-order valence-electron chi connectivity index (χ0n) is 9.69. The van der Waals surface area contributed by atoms with Crippen molar-refractivity contribution in [1.82, 2.24) is 14.8 Å². The van der Waals surface area contributed by atoms with Crippen LogP contribution in [0.25, 0.3) is 0 Å². The molecule has 1 aromatic heterocycles. The molecule has 0 atom stereocenters. The van der Waals surface area contributed by atoms with E-state index < -0.39 is 5.82 Å². The lowest BCUT2D eigenvalue weighted by atomic mass is 10.3. The molecule has 0 radical (unpaired) electrons. The standard InChI is InChI=1S/C11H10ClFIN3O/c1-6(2)17-11(15-10(14)16-17)18-8-5-3-4-7(12)9(8)13/h3-6H,1-2H3. The van der Waals surface area contributed by atoms with E-state index in [-0.39, 0.29) is 22.8 Å². The first-order valence-corrected chi connectivity index (χ1v) is 6.68. The van der Waals surface area contributed by atoms with Crippen LogP contribution < -0.4 is 4.74 Å². The van der Waals surface area contributed by atoms with Crippen molar-refractivity contribution < 1.29 is 9.13 Å². The highest BCUT2D eigenvalue weighted by Gasteiger charge is 2.16. The Morgan fingerprint density at radius 3 is 2.83 bits per heavy atom. The Morgan fingerprint density at radius 1 is 1.44 bits per heavy atom. The number of halogens is 3. The van der Waals surface area contributed by atoms with Gasteiger partial charge in [-0.3, -0.25) is 0 Å². The van der Waals surface area contributed by atoms with E-state index in [0.717, 1.165) is 0 Å².